The Morgan fingerprint density at radius 1 is 0.767 bits per heavy atom. The molecule has 2 fully saturated rings. The fourth-order valence-corrected chi connectivity index (χ4v) is 4.51. The highest BCUT2D eigenvalue weighted by Gasteiger charge is 2.54. The Labute approximate surface area is 257 Å². The molecule has 43 heavy (non-hydrogen) atoms. The topological polar surface area (TPSA) is 110 Å². The Morgan fingerprint density at radius 2 is 1.16 bits per heavy atom. The third kappa shape index (κ3) is 7.82. The molecule has 1 atom stereocenters. The lowest BCUT2D eigenvalue weighted by atomic mass is 9.69. The minimum atomic E-state index is -1.24. The van der Waals surface area contributed by atoms with Crippen LogP contribution in [0, 0.1) is 0 Å². The van der Waals surface area contributed by atoms with Gasteiger partial charge in [-0.25, -0.2) is 14.5 Å². The van der Waals surface area contributed by atoms with E-state index in [1.165, 1.54) is 0 Å². The van der Waals surface area contributed by atoms with Gasteiger partial charge in [0.15, 0.2) is 0 Å². The van der Waals surface area contributed by atoms with Gasteiger partial charge in [-0.05, 0) is 113 Å². The fourth-order valence-electron chi connectivity index (χ4n) is 4.51. The van der Waals surface area contributed by atoms with Crippen molar-refractivity contribution < 1.29 is 42.5 Å². The van der Waals surface area contributed by atoms with Crippen LogP contribution in [-0.4, -0.2) is 77.3 Å². The molecule has 3 rings (SSSR count). The number of nitrogens with zero attached hydrogens (tertiary/aromatic N) is 1. The van der Waals surface area contributed by atoms with Crippen molar-refractivity contribution in [3.63, 3.8) is 0 Å². The fraction of sp³-hybridized carbons (Fsp3) is 0.710. The van der Waals surface area contributed by atoms with Crippen molar-refractivity contribution >= 4 is 43.6 Å². The molecule has 0 spiro atoms. The maximum Gasteiger partial charge on any atom is 0.495 e. The molecular weight excluding hydrogens is 552 g/mol. The minimum absolute atomic E-state index is 0.0367. The molecule has 2 aliphatic rings. The normalized spacial score (nSPS) is 21.3. The maximum atomic E-state index is 13.3. The van der Waals surface area contributed by atoms with E-state index >= 15 is 0 Å². The van der Waals surface area contributed by atoms with Gasteiger partial charge in [0.05, 0.1) is 22.4 Å². The molecule has 12 heteroatoms. The second kappa shape index (κ2) is 11.5. The zero-order valence-corrected chi connectivity index (χ0v) is 28.4. The molecule has 2 aliphatic heterocycles. The first-order chi connectivity index (χ1) is 19.3. The third-order valence-electron chi connectivity index (χ3n) is 8.30. The van der Waals surface area contributed by atoms with Gasteiger partial charge in [-0.15, -0.1) is 0 Å². The summed E-state index contributed by atoms with van der Waals surface area (Å²) >= 11 is 0. The van der Waals surface area contributed by atoms with Gasteiger partial charge in [-0.3, -0.25) is 0 Å². The summed E-state index contributed by atoms with van der Waals surface area (Å²) in [5.41, 5.74) is -2.21. The molecule has 2 saturated heterocycles. The number of aldehydes is 1. The predicted octanol–water partition coefficient (Wildman–Crippen LogP) is 4.57. The van der Waals surface area contributed by atoms with Gasteiger partial charge in [-0.1, -0.05) is 18.2 Å². The van der Waals surface area contributed by atoms with Crippen molar-refractivity contribution in [3.8, 4) is 0 Å². The largest absolute Gasteiger partial charge is 0.495 e. The number of amides is 2. The highest BCUT2D eigenvalue weighted by molar-refractivity contribution is 6.66. The van der Waals surface area contributed by atoms with E-state index in [1.54, 1.807) is 41.5 Å². The quantitative estimate of drug-likeness (QED) is 0.342. The standard InChI is InChI=1S/C31H49B2NO9/c1-26(2,3)38-24(36)34(25(37)39-27(4,5)6)22(19-35)17-20-15-16-21(32-40-28(7,8)29(9,10)41-32)18-23(20)33-42-30(11,12)31(13,14)43-33/h15-16,18-19,22H,17H2,1-14H3. The number of carbonyl (C=O) groups is 3. The highest BCUT2D eigenvalue weighted by atomic mass is 16.7. The van der Waals surface area contributed by atoms with Crippen molar-refractivity contribution in [1.29, 1.82) is 0 Å². The van der Waals surface area contributed by atoms with Gasteiger partial charge in [-0.2, -0.15) is 0 Å². The van der Waals surface area contributed by atoms with Crippen molar-refractivity contribution in [1.82, 2.24) is 4.90 Å². The third-order valence-corrected chi connectivity index (χ3v) is 8.30. The molecule has 0 aliphatic carbocycles. The van der Waals surface area contributed by atoms with Crippen molar-refractivity contribution in [2.24, 2.45) is 0 Å². The predicted molar refractivity (Wildman–Crippen MR) is 166 cm³/mol. The average molecular weight is 601 g/mol. The van der Waals surface area contributed by atoms with Crippen LogP contribution in [0.2, 0.25) is 0 Å². The Bertz CT molecular complexity index is 1170. The van der Waals surface area contributed by atoms with E-state index in [0.29, 0.717) is 17.3 Å². The van der Waals surface area contributed by atoms with Gasteiger partial charge in [0.1, 0.15) is 23.5 Å². The molecule has 0 saturated carbocycles. The number of rotatable bonds is 6. The highest BCUT2D eigenvalue weighted by Crippen LogP contribution is 2.38. The average Bonchev–Trinajstić information content (AvgIpc) is 3.15. The van der Waals surface area contributed by atoms with E-state index in [2.05, 4.69) is 0 Å². The lowest BCUT2D eigenvalue weighted by molar-refractivity contribution is -0.112. The summed E-state index contributed by atoms with van der Waals surface area (Å²) in [6.07, 6.45) is -1.45. The lowest BCUT2D eigenvalue weighted by Crippen LogP contribution is -2.51. The monoisotopic (exact) mass is 601 g/mol. The SMILES string of the molecule is CC(C)(C)OC(=O)N(C(=O)OC(C)(C)C)C(C=O)Cc1ccc(B2OC(C)(C)C(C)(C)O2)cc1B1OC(C)(C)C(C)(C)O1. The summed E-state index contributed by atoms with van der Waals surface area (Å²) in [7, 11) is -1.45. The zero-order valence-electron chi connectivity index (χ0n) is 28.4. The molecule has 1 aromatic carbocycles. The van der Waals surface area contributed by atoms with Crippen LogP contribution in [0.3, 0.4) is 0 Å². The number of benzene rings is 1. The number of imide groups is 1. The molecule has 1 aromatic rings. The first kappa shape index (κ1) is 35.1. The van der Waals surface area contributed by atoms with Crippen LogP contribution in [-0.2, 0) is 39.3 Å². The van der Waals surface area contributed by atoms with Gasteiger partial charge < -0.3 is 32.9 Å². The van der Waals surface area contributed by atoms with Crippen LogP contribution in [0.4, 0.5) is 9.59 Å². The summed E-state index contributed by atoms with van der Waals surface area (Å²) < 4.78 is 36.4. The van der Waals surface area contributed by atoms with E-state index in [4.69, 9.17) is 28.1 Å². The first-order valence-corrected chi connectivity index (χ1v) is 14.8. The molecule has 238 valence electrons. The molecule has 1 unspecified atom stereocenters. The molecule has 0 radical (unpaired) electrons. The van der Waals surface area contributed by atoms with Crippen LogP contribution in [0.25, 0.3) is 0 Å². The van der Waals surface area contributed by atoms with E-state index in [0.717, 1.165) is 10.4 Å². The van der Waals surface area contributed by atoms with Crippen molar-refractivity contribution in [2.75, 3.05) is 0 Å². The molecule has 2 heterocycles. The lowest BCUT2D eigenvalue weighted by Gasteiger charge is -2.32. The zero-order chi connectivity index (χ0) is 33.0. The number of carbonyl (C=O) groups excluding carboxylic acids is 3. The van der Waals surface area contributed by atoms with Gasteiger partial charge in [0.25, 0.3) is 0 Å². The summed E-state index contributed by atoms with van der Waals surface area (Å²) in [6, 6.07) is 4.31. The van der Waals surface area contributed by atoms with Crippen LogP contribution in [0.1, 0.15) is 102 Å². The smallest absolute Gasteiger partial charge is 0.443 e. The van der Waals surface area contributed by atoms with E-state index < -0.39 is 66.1 Å². The van der Waals surface area contributed by atoms with Crippen LogP contribution in [0.15, 0.2) is 18.2 Å². The molecule has 2 amide bonds. The van der Waals surface area contributed by atoms with Gasteiger partial charge >= 0.3 is 26.4 Å². The summed E-state index contributed by atoms with van der Waals surface area (Å²) in [6.45, 7) is 25.8. The Morgan fingerprint density at radius 3 is 1.53 bits per heavy atom. The van der Waals surface area contributed by atoms with Crippen LogP contribution >= 0.6 is 0 Å². The van der Waals surface area contributed by atoms with E-state index in [-0.39, 0.29) is 6.42 Å². The van der Waals surface area contributed by atoms with Crippen molar-refractivity contribution in [3.05, 3.63) is 23.8 Å². The van der Waals surface area contributed by atoms with Gasteiger partial charge in [0.2, 0.25) is 0 Å². The molecule has 0 aromatic heterocycles. The maximum absolute atomic E-state index is 13.3. The Balaban J connectivity index is 2.08. The van der Waals surface area contributed by atoms with Gasteiger partial charge in [0, 0.05) is 6.42 Å². The van der Waals surface area contributed by atoms with E-state index in [1.807, 2.05) is 73.6 Å². The Kier molecular flexibility index (Phi) is 9.39. The second-order valence-electron chi connectivity index (χ2n) is 15.4. The molecular formula is C31H49B2NO9. The number of ether oxygens (including phenoxy) is 2. The summed E-state index contributed by atoms with van der Waals surface area (Å²) in [5.74, 6) is 0. The molecule has 10 nitrogen and oxygen atoms in total. The molecule has 0 N–H and O–H groups in total. The Hall–Kier alpha value is -2.40. The number of hydrogen-bond donors (Lipinski definition) is 0. The van der Waals surface area contributed by atoms with Crippen molar-refractivity contribution in [2.45, 2.75) is 143 Å². The van der Waals surface area contributed by atoms with Crippen LogP contribution < -0.4 is 10.9 Å². The van der Waals surface area contributed by atoms with Crippen LogP contribution in [0.5, 0.6) is 0 Å². The second-order valence-corrected chi connectivity index (χ2v) is 15.4. The summed E-state index contributed by atoms with van der Waals surface area (Å²) in [4.78, 5) is 39.9. The first-order valence-electron chi connectivity index (χ1n) is 14.8. The molecule has 0 bridgehead atoms. The minimum Gasteiger partial charge on any atom is -0.443 e. The van der Waals surface area contributed by atoms with E-state index in [9.17, 15) is 14.4 Å². The number of hydrogen-bond acceptors (Lipinski definition) is 9. The summed E-state index contributed by atoms with van der Waals surface area (Å²) in [5, 5.41) is 0.